The third-order valence-corrected chi connectivity index (χ3v) is 2.89. The fraction of sp³-hybridized carbons (Fsp3) is 0.500. The van der Waals surface area contributed by atoms with Gasteiger partial charge in [0.2, 0.25) is 5.75 Å². The molecular formula is C12H20ClN3O4. The number of benzene rings is 1. The minimum atomic E-state index is -0.659. The van der Waals surface area contributed by atoms with Crippen molar-refractivity contribution >= 4 is 18.1 Å². The lowest BCUT2D eigenvalue weighted by Gasteiger charge is -2.13. The van der Waals surface area contributed by atoms with Crippen LogP contribution in [0.15, 0.2) is 12.1 Å². The Bertz CT molecular complexity index is 457. The van der Waals surface area contributed by atoms with Gasteiger partial charge in [0.05, 0.1) is 12.0 Å². The highest BCUT2D eigenvalue weighted by Crippen LogP contribution is 2.38. The van der Waals surface area contributed by atoms with Gasteiger partial charge in [0.1, 0.15) is 0 Å². The molecule has 1 aromatic rings. The number of aromatic hydroxyl groups is 1. The number of nitro groups is 1. The molecule has 0 aliphatic carbocycles. The Morgan fingerprint density at radius 2 is 2.10 bits per heavy atom. The van der Waals surface area contributed by atoms with Gasteiger partial charge in [-0.3, -0.25) is 10.1 Å². The molecule has 0 saturated carbocycles. The number of unbranched alkanes of at least 4 members (excludes halogenated alkanes) is 1. The van der Waals surface area contributed by atoms with E-state index in [0.29, 0.717) is 18.5 Å². The van der Waals surface area contributed by atoms with Crippen LogP contribution in [0.3, 0.4) is 0 Å². The lowest BCUT2D eigenvalue weighted by Crippen LogP contribution is -2.11. The Labute approximate surface area is 123 Å². The maximum atomic E-state index is 10.9. The largest absolute Gasteiger partial charge is 0.500 e. The summed E-state index contributed by atoms with van der Waals surface area (Å²) >= 11 is 0. The number of nitro benzene ring substituents is 1. The minimum Gasteiger partial charge on any atom is -0.500 e. The Hall–Kier alpha value is -1.57. The van der Waals surface area contributed by atoms with Crippen molar-refractivity contribution < 1.29 is 14.8 Å². The lowest BCUT2D eigenvalue weighted by atomic mass is 10.0. The van der Waals surface area contributed by atoms with E-state index in [0.717, 1.165) is 12.8 Å². The number of methoxy groups -OCH3 is 1. The van der Waals surface area contributed by atoms with Crippen LogP contribution in [0.1, 0.15) is 30.9 Å². The zero-order valence-electron chi connectivity index (χ0n) is 11.2. The quantitative estimate of drug-likeness (QED) is 0.401. The van der Waals surface area contributed by atoms with E-state index in [-0.39, 0.29) is 24.2 Å². The van der Waals surface area contributed by atoms with E-state index >= 15 is 0 Å². The van der Waals surface area contributed by atoms with E-state index in [2.05, 4.69) is 0 Å². The van der Waals surface area contributed by atoms with E-state index in [9.17, 15) is 15.2 Å². The van der Waals surface area contributed by atoms with Gasteiger partial charge >= 0.3 is 5.69 Å². The third-order valence-electron chi connectivity index (χ3n) is 2.89. The van der Waals surface area contributed by atoms with E-state index in [1.165, 1.54) is 19.2 Å². The third kappa shape index (κ3) is 4.52. The number of hydrogen-bond acceptors (Lipinski definition) is 6. The maximum absolute atomic E-state index is 10.9. The molecule has 0 radical (unpaired) electrons. The highest BCUT2D eigenvalue weighted by molar-refractivity contribution is 5.85. The molecule has 20 heavy (non-hydrogen) atoms. The second-order valence-corrected chi connectivity index (χ2v) is 4.24. The molecule has 0 amide bonds. The summed E-state index contributed by atoms with van der Waals surface area (Å²) in [5, 5.41) is 20.5. The van der Waals surface area contributed by atoms with Crippen molar-refractivity contribution in [2.75, 3.05) is 13.7 Å². The van der Waals surface area contributed by atoms with E-state index in [1.54, 1.807) is 0 Å². The standard InChI is InChI=1S/C12H19N3O4.ClH/c1-19-11-7-8(9(14)4-2-3-5-13)6-10(12(11)16)15(17)18;/h6-7,9,16H,2-5,13-14H2,1H3;1H/t9-;/m0./s1. The SMILES string of the molecule is COc1cc([C@@H](N)CCCCN)cc([N+](=O)[O-])c1O.Cl. The van der Waals surface area contributed by atoms with Crippen molar-refractivity contribution in [3.05, 3.63) is 27.8 Å². The summed E-state index contributed by atoms with van der Waals surface area (Å²) in [6.45, 7) is 0.589. The van der Waals surface area contributed by atoms with Gasteiger partial charge < -0.3 is 21.3 Å². The first kappa shape index (κ1) is 18.4. The first-order valence-corrected chi connectivity index (χ1v) is 6.02. The van der Waals surface area contributed by atoms with Crippen molar-refractivity contribution in [2.24, 2.45) is 11.5 Å². The number of hydrogen-bond donors (Lipinski definition) is 3. The van der Waals surface area contributed by atoms with Crippen molar-refractivity contribution in [1.29, 1.82) is 0 Å². The summed E-state index contributed by atoms with van der Waals surface area (Å²) in [6, 6.07) is 2.46. The maximum Gasteiger partial charge on any atom is 0.314 e. The molecule has 0 spiro atoms. The molecule has 0 bridgehead atoms. The van der Waals surface area contributed by atoms with Crippen LogP contribution in [-0.2, 0) is 0 Å². The summed E-state index contributed by atoms with van der Waals surface area (Å²) < 4.78 is 4.92. The van der Waals surface area contributed by atoms with E-state index in [1.807, 2.05) is 0 Å². The molecule has 114 valence electrons. The van der Waals surface area contributed by atoms with Crippen LogP contribution >= 0.6 is 12.4 Å². The zero-order chi connectivity index (χ0) is 14.4. The molecule has 0 aromatic heterocycles. The molecular weight excluding hydrogens is 286 g/mol. The van der Waals surface area contributed by atoms with Crippen LogP contribution in [0, 0.1) is 10.1 Å². The van der Waals surface area contributed by atoms with E-state index in [4.69, 9.17) is 16.2 Å². The second kappa shape index (κ2) is 8.57. The van der Waals surface area contributed by atoms with Crippen LogP contribution in [0.5, 0.6) is 11.5 Å². The molecule has 5 N–H and O–H groups in total. The van der Waals surface area contributed by atoms with Crippen LogP contribution in [0.25, 0.3) is 0 Å². The predicted octanol–water partition coefficient (Wildman–Crippen LogP) is 1.86. The minimum absolute atomic E-state index is 0. The number of halogens is 1. The Kier molecular flexibility index (Phi) is 7.90. The van der Waals surface area contributed by atoms with Gasteiger partial charge in [-0.2, -0.15) is 0 Å². The predicted molar refractivity (Wildman–Crippen MR) is 78.4 cm³/mol. The summed E-state index contributed by atoms with van der Waals surface area (Å²) in [7, 11) is 1.34. The van der Waals surface area contributed by atoms with Crippen molar-refractivity contribution in [2.45, 2.75) is 25.3 Å². The van der Waals surface area contributed by atoms with Gasteiger partial charge in [-0.05, 0) is 31.0 Å². The summed E-state index contributed by atoms with van der Waals surface area (Å²) in [4.78, 5) is 10.2. The molecule has 1 aromatic carbocycles. The second-order valence-electron chi connectivity index (χ2n) is 4.24. The van der Waals surface area contributed by atoms with Crippen LogP contribution < -0.4 is 16.2 Å². The number of nitrogens with zero attached hydrogens (tertiary/aromatic N) is 1. The molecule has 0 aliphatic rings. The summed E-state index contributed by atoms with van der Waals surface area (Å²) in [6.07, 6.45) is 2.36. The normalized spacial score (nSPS) is 11.6. The molecule has 1 atom stereocenters. The van der Waals surface area contributed by atoms with Gasteiger partial charge in [0.15, 0.2) is 5.75 Å². The number of nitrogens with two attached hydrogens (primary N) is 2. The average molecular weight is 306 g/mol. The molecule has 1 rings (SSSR count). The van der Waals surface area contributed by atoms with Gasteiger partial charge in [-0.15, -0.1) is 12.4 Å². The number of phenols is 1. The van der Waals surface area contributed by atoms with Gasteiger partial charge in [-0.25, -0.2) is 0 Å². The highest BCUT2D eigenvalue weighted by Gasteiger charge is 2.21. The van der Waals surface area contributed by atoms with Crippen molar-refractivity contribution in [1.82, 2.24) is 0 Å². The Morgan fingerprint density at radius 3 is 2.60 bits per heavy atom. The first-order valence-electron chi connectivity index (χ1n) is 6.02. The van der Waals surface area contributed by atoms with Gasteiger partial charge in [0.25, 0.3) is 0 Å². The van der Waals surface area contributed by atoms with Crippen LogP contribution in [0.2, 0.25) is 0 Å². The Balaban J connectivity index is 0.00000361. The first-order chi connectivity index (χ1) is 9.01. The van der Waals surface area contributed by atoms with Gasteiger partial charge in [-0.1, -0.05) is 6.42 Å². The molecule has 0 fully saturated rings. The zero-order valence-corrected chi connectivity index (χ0v) is 12.1. The lowest BCUT2D eigenvalue weighted by molar-refractivity contribution is -0.386. The highest BCUT2D eigenvalue weighted by atomic mass is 35.5. The van der Waals surface area contributed by atoms with Crippen LogP contribution in [0.4, 0.5) is 5.69 Å². The molecule has 8 heteroatoms. The number of rotatable bonds is 7. The monoisotopic (exact) mass is 305 g/mol. The fourth-order valence-corrected chi connectivity index (χ4v) is 1.80. The van der Waals surface area contributed by atoms with E-state index < -0.39 is 16.4 Å². The fourth-order valence-electron chi connectivity index (χ4n) is 1.80. The van der Waals surface area contributed by atoms with Crippen molar-refractivity contribution in [3.8, 4) is 11.5 Å². The topological polar surface area (TPSA) is 125 Å². The Morgan fingerprint density at radius 1 is 1.45 bits per heavy atom. The summed E-state index contributed by atoms with van der Waals surface area (Å²) in [5.41, 5.74) is 11.5. The molecule has 7 nitrogen and oxygen atoms in total. The number of phenolic OH excluding ortho intramolecular Hbond substituents is 1. The molecule has 0 aliphatic heterocycles. The molecule has 0 saturated heterocycles. The average Bonchev–Trinajstić information content (AvgIpc) is 2.38. The summed E-state index contributed by atoms with van der Waals surface area (Å²) in [5.74, 6) is -0.427. The smallest absolute Gasteiger partial charge is 0.314 e. The molecule has 0 heterocycles. The van der Waals surface area contributed by atoms with Crippen LogP contribution in [-0.4, -0.2) is 23.7 Å². The van der Waals surface area contributed by atoms with Crippen molar-refractivity contribution in [3.63, 3.8) is 0 Å². The molecule has 0 unspecified atom stereocenters. The van der Waals surface area contributed by atoms with Gasteiger partial charge in [0, 0.05) is 12.1 Å². The number of ether oxygens (including phenoxy) is 1.